The minimum absolute atomic E-state index is 0.00800. The standard InChI is InChI=1S/C21H27ClN2O4S/c1-4-8-16(2)23-21(25)15-24(14-17-9-6-5-7-10-17)29(26,27)18-11-12-20(28-3)19(22)13-18/h5-7,9-13,16H,4,8,14-15H2,1-3H3,(H,23,25)/t16-/m1/s1. The van der Waals surface area contributed by atoms with Crippen molar-refractivity contribution in [1.82, 2.24) is 9.62 Å². The first-order valence-electron chi connectivity index (χ1n) is 9.45. The van der Waals surface area contributed by atoms with Crippen LogP contribution in [0.3, 0.4) is 0 Å². The van der Waals surface area contributed by atoms with Crippen molar-refractivity contribution in [2.24, 2.45) is 0 Å². The molecule has 0 aliphatic rings. The van der Waals surface area contributed by atoms with Crippen molar-refractivity contribution in [3.05, 3.63) is 59.1 Å². The van der Waals surface area contributed by atoms with E-state index in [9.17, 15) is 13.2 Å². The van der Waals surface area contributed by atoms with E-state index < -0.39 is 10.0 Å². The van der Waals surface area contributed by atoms with Crippen LogP contribution in [0.25, 0.3) is 0 Å². The van der Waals surface area contributed by atoms with Crippen LogP contribution in [0.2, 0.25) is 5.02 Å². The van der Waals surface area contributed by atoms with Gasteiger partial charge in [-0.05, 0) is 37.1 Å². The SMILES string of the molecule is CCC[C@@H](C)NC(=O)CN(Cc1ccccc1)S(=O)(=O)c1ccc(OC)c(Cl)c1. The normalized spacial score (nSPS) is 12.6. The van der Waals surface area contributed by atoms with Gasteiger partial charge in [-0.15, -0.1) is 0 Å². The molecule has 2 rings (SSSR count). The number of benzene rings is 2. The zero-order valence-corrected chi connectivity index (χ0v) is 18.5. The molecule has 0 spiro atoms. The van der Waals surface area contributed by atoms with Crippen LogP contribution in [0.15, 0.2) is 53.4 Å². The highest BCUT2D eigenvalue weighted by atomic mass is 35.5. The molecule has 158 valence electrons. The maximum atomic E-state index is 13.3. The van der Waals surface area contributed by atoms with Gasteiger partial charge in [-0.25, -0.2) is 8.42 Å². The maximum Gasteiger partial charge on any atom is 0.243 e. The quantitative estimate of drug-likeness (QED) is 0.611. The van der Waals surface area contributed by atoms with Crippen molar-refractivity contribution in [3.8, 4) is 5.75 Å². The molecule has 1 atom stereocenters. The van der Waals surface area contributed by atoms with E-state index in [0.717, 1.165) is 22.7 Å². The lowest BCUT2D eigenvalue weighted by atomic mass is 10.2. The molecule has 0 saturated heterocycles. The van der Waals surface area contributed by atoms with E-state index in [0.29, 0.717) is 5.75 Å². The predicted molar refractivity (Wildman–Crippen MR) is 115 cm³/mol. The number of ether oxygens (including phenoxy) is 1. The Morgan fingerprint density at radius 1 is 1.21 bits per heavy atom. The van der Waals surface area contributed by atoms with Crippen LogP contribution in [0.4, 0.5) is 0 Å². The Bertz CT molecular complexity index is 920. The highest BCUT2D eigenvalue weighted by Crippen LogP contribution is 2.29. The molecule has 0 fully saturated rings. The topological polar surface area (TPSA) is 75.7 Å². The van der Waals surface area contributed by atoms with Gasteiger partial charge in [-0.3, -0.25) is 4.79 Å². The van der Waals surface area contributed by atoms with Gasteiger partial charge >= 0.3 is 0 Å². The van der Waals surface area contributed by atoms with Crippen molar-refractivity contribution in [1.29, 1.82) is 0 Å². The number of sulfonamides is 1. The molecule has 1 N–H and O–H groups in total. The highest BCUT2D eigenvalue weighted by molar-refractivity contribution is 7.89. The van der Waals surface area contributed by atoms with E-state index in [1.807, 2.05) is 44.2 Å². The maximum absolute atomic E-state index is 13.3. The summed E-state index contributed by atoms with van der Waals surface area (Å²) in [5.41, 5.74) is 0.782. The fraction of sp³-hybridized carbons (Fsp3) is 0.381. The molecule has 0 bridgehead atoms. The molecular weight excluding hydrogens is 412 g/mol. The summed E-state index contributed by atoms with van der Waals surface area (Å²) in [7, 11) is -2.50. The third-order valence-electron chi connectivity index (χ3n) is 4.41. The Morgan fingerprint density at radius 3 is 2.48 bits per heavy atom. The van der Waals surface area contributed by atoms with Crippen LogP contribution in [-0.4, -0.2) is 38.3 Å². The van der Waals surface area contributed by atoms with Crippen LogP contribution in [-0.2, 0) is 21.4 Å². The third kappa shape index (κ3) is 6.45. The molecule has 0 aromatic heterocycles. The molecule has 1 amide bonds. The van der Waals surface area contributed by atoms with E-state index in [-0.39, 0.29) is 35.0 Å². The van der Waals surface area contributed by atoms with E-state index in [1.54, 1.807) is 0 Å². The average molecular weight is 439 g/mol. The number of hydrogen-bond donors (Lipinski definition) is 1. The molecule has 6 nitrogen and oxygen atoms in total. The first-order chi connectivity index (χ1) is 13.8. The van der Waals surface area contributed by atoms with Gasteiger partial charge in [0.2, 0.25) is 15.9 Å². The number of halogens is 1. The third-order valence-corrected chi connectivity index (χ3v) is 6.49. The molecule has 0 aliphatic carbocycles. The highest BCUT2D eigenvalue weighted by Gasteiger charge is 2.28. The number of nitrogens with one attached hydrogen (secondary N) is 1. The van der Waals surface area contributed by atoms with Gasteiger partial charge in [-0.2, -0.15) is 4.31 Å². The Labute approximate surface area is 177 Å². The summed E-state index contributed by atoms with van der Waals surface area (Å²) in [6.45, 7) is 3.72. The van der Waals surface area contributed by atoms with Gasteiger partial charge < -0.3 is 10.1 Å². The van der Waals surface area contributed by atoms with E-state index in [2.05, 4.69) is 5.32 Å². The smallest absolute Gasteiger partial charge is 0.243 e. The second-order valence-corrected chi connectivity index (χ2v) is 9.16. The monoisotopic (exact) mass is 438 g/mol. The number of rotatable bonds is 10. The van der Waals surface area contributed by atoms with Gasteiger partial charge in [-0.1, -0.05) is 55.3 Å². The summed E-state index contributed by atoms with van der Waals surface area (Å²) in [6.07, 6.45) is 1.75. The van der Waals surface area contributed by atoms with Crippen LogP contribution < -0.4 is 10.1 Å². The lowest BCUT2D eigenvalue weighted by molar-refractivity contribution is -0.122. The molecule has 0 aliphatic heterocycles. The summed E-state index contributed by atoms with van der Waals surface area (Å²) in [5.74, 6) is 0.0384. The van der Waals surface area contributed by atoms with Crippen molar-refractivity contribution in [2.75, 3.05) is 13.7 Å². The minimum Gasteiger partial charge on any atom is -0.495 e. The summed E-state index contributed by atoms with van der Waals surface area (Å²) < 4.78 is 32.8. The van der Waals surface area contributed by atoms with E-state index in [1.165, 1.54) is 25.3 Å². The van der Waals surface area contributed by atoms with Gasteiger partial charge in [0, 0.05) is 12.6 Å². The van der Waals surface area contributed by atoms with Crippen LogP contribution in [0.1, 0.15) is 32.3 Å². The predicted octanol–water partition coefficient (Wildman–Crippen LogP) is 3.84. The first kappa shape index (κ1) is 23.2. The zero-order valence-electron chi connectivity index (χ0n) is 16.9. The summed E-state index contributed by atoms with van der Waals surface area (Å²) in [5, 5.41) is 3.05. The first-order valence-corrected chi connectivity index (χ1v) is 11.3. The fourth-order valence-electron chi connectivity index (χ4n) is 2.96. The summed E-state index contributed by atoms with van der Waals surface area (Å²) >= 11 is 6.12. The Morgan fingerprint density at radius 2 is 1.90 bits per heavy atom. The minimum atomic E-state index is -3.96. The van der Waals surface area contributed by atoms with Crippen molar-refractivity contribution < 1.29 is 17.9 Å². The molecule has 0 saturated carbocycles. The van der Waals surface area contributed by atoms with Crippen LogP contribution in [0, 0.1) is 0 Å². The lowest BCUT2D eigenvalue weighted by Gasteiger charge is -2.23. The van der Waals surface area contributed by atoms with E-state index in [4.69, 9.17) is 16.3 Å². The van der Waals surface area contributed by atoms with Gasteiger partial charge in [0.1, 0.15) is 5.75 Å². The molecule has 29 heavy (non-hydrogen) atoms. The number of carbonyl (C=O) groups excluding carboxylic acids is 1. The van der Waals surface area contributed by atoms with Crippen LogP contribution >= 0.6 is 11.6 Å². The Hall–Kier alpha value is -2.09. The molecule has 0 unspecified atom stereocenters. The molecule has 2 aromatic carbocycles. The zero-order chi connectivity index (χ0) is 21.4. The largest absolute Gasteiger partial charge is 0.495 e. The van der Waals surface area contributed by atoms with Gasteiger partial charge in [0.05, 0.1) is 23.6 Å². The number of nitrogens with zero attached hydrogens (tertiary/aromatic N) is 1. The second-order valence-electron chi connectivity index (χ2n) is 6.81. The van der Waals surface area contributed by atoms with Gasteiger partial charge in [0.15, 0.2) is 0 Å². The van der Waals surface area contributed by atoms with E-state index >= 15 is 0 Å². The lowest BCUT2D eigenvalue weighted by Crippen LogP contribution is -2.43. The molecule has 0 heterocycles. The summed E-state index contributed by atoms with van der Waals surface area (Å²) in [4.78, 5) is 12.5. The molecule has 8 heteroatoms. The number of amides is 1. The van der Waals surface area contributed by atoms with Crippen molar-refractivity contribution in [2.45, 2.75) is 44.2 Å². The molecular formula is C21H27ClN2O4S. The summed E-state index contributed by atoms with van der Waals surface area (Å²) in [6, 6.07) is 13.4. The molecule has 2 aromatic rings. The fourth-order valence-corrected chi connectivity index (χ4v) is 4.69. The van der Waals surface area contributed by atoms with Crippen molar-refractivity contribution >= 4 is 27.5 Å². The average Bonchev–Trinajstić information content (AvgIpc) is 2.68. The number of hydrogen-bond acceptors (Lipinski definition) is 4. The second kappa shape index (κ2) is 10.6. The van der Waals surface area contributed by atoms with Crippen molar-refractivity contribution in [3.63, 3.8) is 0 Å². The Balaban J connectivity index is 2.32. The number of carbonyl (C=O) groups is 1. The van der Waals surface area contributed by atoms with Crippen LogP contribution in [0.5, 0.6) is 5.75 Å². The number of methoxy groups -OCH3 is 1. The molecule has 0 radical (unpaired) electrons. The Kier molecular flexibility index (Phi) is 8.49. The van der Waals surface area contributed by atoms with Gasteiger partial charge in [0.25, 0.3) is 0 Å².